The van der Waals surface area contributed by atoms with Crippen LogP contribution in [0, 0.1) is 0 Å². The van der Waals surface area contributed by atoms with E-state index in [1.54, 1.807) is 35.6 Å². The number of ether oxygens (including phenoxy) is 2. The molecule has 2 aromatic heterocycles. The van der Waals surface area contributed by atoms with Gasteiger partial charge in [-0.15, -0.1) is 0 Å². The van der Waals surface area contributed by atoms with Gasteiger partial charge in [0.15, 0.2) is 5.75 Å². The van der Waals surface area contributed by atoms with Crippen molar-refractivity contribution < 1.29 is 19.4 Å². The van der Waals surface area contributed by atoms with Gasteiger partial charge in [-0.05, 0) is 37.1 Å². The molecule has 8 heteroatoms. The first kappa shape index (κ1) is 20.7. The number of piperidine rings is 1. The monoisotopic (exact) mass is 451 g/mol. The molecule has 32 heavy (non-hydrogen) atoms. The summed E-state index contributed by atoms with van der Waals surface area (Å²) < 4.78 is 11.4. The van der Waals surface area contributed by atoms with Crippen molar-refractivity contribution in [1.29, 1.82) is 0 Å². The van der Waals surface area contributed by atoms with Gasteiger partial charge in [-0.3, -0.25) is 9.78 Å². The minimum atomic E-state index is -0.326. The largest absolute Gasteiger partial charge is 0.484 e. The quantitative estimate of drug-likeness (QED) is 0.651. The molecule has 5 rings (SSSR count). The third kappa shape index (κ3) is 4.01. The Hall–Kier alpha value is -3.16. The molecule has 0 bridgehead atoms. The molecule has 0 aliphatic carbocycles. The number of hydrogen-bond donors (Lipinski definition) is 1. The Morgan fingerprint density at radius 3 is 2.56 bits per heavy atom. The molecule has 2 aliphatic heterocycles. The van der Waals surface area contributed by atoms with Crippen molar-refractivity contribution in [3.05, 3.63) is 59.5 Å². The third-order valence-electron chi connectivity index (χ3n) is 5.77. The molecular weight excluding hydrogens is 430 g/mol. The SMILES string of the molecule is O=C(c1ccc(-c2cncc(-c3ccnc4c3OCCO4)c2)c(Cl)c1)N1CCC(O)CC1. The first-order valence-corrected chi connectivity index (χ1v) is 11.0. The van der Waals surface area contributed by atoms with Crippen molar-refractivity contribution in [2.24, 2.45) is 0 Å². The van der Waals surface area contributed by atoms with Crippen molar-refractivity contribution in [2.75, 3.05) is 26.3 Å². The minimum Gasteiger partial charge on any atom is -0.484 e. The lowest BCUT2D eigenvalue weighted by Crippen LogP contribution is -2.40. The average Bonchev–Trinajstić information content (AvgIpc) is 2.84. The number of likely N-dealkylation sites (tertiary alicyclic amines) is 1. The van der Waals surface area contributed by atoms with E-state index in [-0.39, 0.29) is 12.0 Å². The Bertz CT molecular complexity index is 1160. The Balaban J connectivity index is 1.43. The second kappa shape index (κ2) is 8.76. The number of rotatable bonds is 3. The molecule has 1 N–H and O–H groups in total. The fourth-order valence-corrected chi connectivity index (χ4v) is 4.34. The highest BCUT2D eigenvalue weighted by Gasteiger charge is 2.23. The van der Waals surface area contributed by atoms with E-state index in [1.807, 2.05) is 18.2 Å². The van der Waals surface area contributed by atoms with Crippen molar-refractivity contribution in [3.8, 4) is 33.9 Å². The van der Waals surface area contributed by atoms with Gasteiger partial charge < -0.3 is 19.5 Å². The van der Waals surface area contributed by atoms with Crippen LogP contribution in [0.3, 0.4) is 0 Å². The number of hydrogen-bond acceptors (Lipinski definition) is 6. The third-order valence-corrected chi connectivity index (χ3v) is 6.08. The molecule has 1 amide bonds. The fraction of sp³-hybridized carbons (Fsp3) is 0.292. The van der Waals surface area contributed by atoms with Gasteiger partial charge in [0.2, 0.25) is 0 Å². The van der Waals surface area contributed by atoms with Crippen molar-refractivity contribution in [3.63, 3.8) is 0 Å². The number of benzene rings is 1. The predicted molar refractivity (Wildman–Crippen MR) is 120 cm³/mol. The maximum atomic E-state index is 12.8. The fourth-order valence-electron chi connectivity index (χ4n) is 4.05. The second-order valence-electron chi connectivity index (χ2n) is 7.87. The Morgan fingerprint density at radius 1 is 1.03 bits per heavy atom. The summed E-state index contributed by atoms with van der Waals surface area (Å²) in [5, 5.41) is 10.1. The highest BCUT2D eigenvalue weighted by molar-refractivity contribution is 6.33. The summed E-state index contributed by atoms with van der Waals surface area (Å²) in [6.07, 6.45) is 6.06. The van der Waals surface area contributed by atoms with Crippen LogP contribution in [0.25, 0.3) is 22.3 Å². The Morgan fingerprint density at radius 2 is 1.78 bits per heavy atom. The van der Waals surface area contributed by atoms with Crippen LogP contribution in [0.5, 0.6) is 11.6 Å². The average molecular weight is 452 g/mol. The van der Waals surface area contributed by atoms with Crippen LogP contribution >= 0.6 is 11.6 Å². The Kier molecular flexibility index (Phi) is 5.68. The van der Waals surface area contributed by atoms with Gasteiger partial charge in [-0.2, -0.15) is 0 Å². The molecule has 1 fully saturated rings. The first-order chi connectivity index (χ1) is 15.6. The molecular formula is C24H22ClN3O4. The van der Waals surface area contributed by atoms with E-state index in [0.29, 0.717) is 61.4 Å². The maximum Gasteiger partial charge on any atom is 0.257 e. The lowest BCUT2D eigenvalue weighted by molar-refractivity contribution is 0.0546. The summed E-state index contributed by atoms with van der Waals surface area (Å²) in [6, 6.07) is 9.17. The summed E-state index contributed by atoms with van der Waals surface area (Å²) in [5.41, 5.74) is 3.85. The lowest BCUT2D eigenvalue weighted by Gasteiger charge is -2.29. The molecule has 0 unspecified atom stereocenters. The molecule has 0 saturated carbocycles. The molecule has 4 heterocycles. The highest BCUT2D eigenvalue weighted by Crippen LogP contribution is 2.39. The normalized spacial score (nSPS) is 16.1. The lowest BCUT2D eigenvalue weighted by atomic mass is 10.00. The number of aromatic nitrogens is 2. The number of halogens is 1. The molecule has 1 aromatic carbocycles. The molecule has 2 aliphatic rings. The van der Waals surface area contributed by atoms with Crippen molar-refractivity contribution >= 4 is 17.5 Å². The van der Waals surface area contributed by atoms with Gasteiger partial charge in [0.25, 0.3) is 11.8 Å². The summed E-state index contributed by atoms with van der Waals surface area (Å²) in [5.74, 6) is 1.01. The van der Waals surface area contributed by atoms with Gasteiger partial charge >= 0.3 is 0 Å². The van der Waals surface area contributed by atoms with E-state index in [0.717, 1.165) is 22.3 Å². The van der Waals surface area contributed by atoms with Crippen LogP contribution in [0.2, 0.25) is 5.02 Å². The minimum absolute atomic E-state index is 0.0715. The zero-order valence-electron chi connectivity index (χ0n) is 17.3. The topological polar surface area (TPSA) is 84.8 Å². The van der Waals surface area contributed by atoms with Crippen LogP contribution in [-0.2, 0) is 0 Å². The molecule has 1 saturated heterocycles. The van der Waals surface area contributed by atoms with E-state index >= 15 is 0 Å². The van der Waals surface area contributed by atoms with Gasteiger partial charge in [-0.1, -0.05) is 17.7 Å². The molecule has 7 nitrogen and oxygen atoms in total. The van der Waals surface area contributed by atoms with Crippen LogP contribution in [-0.4, -0.2) is 58.3 Å². The van der Waals surface area contributed by atoms with Crippen LogP contribution in [0.15, 0.2) is 48.9 Å². The van der Waals surface area contributed by atoms with E-state index in [2.05, 4.69) is 9.97 Å². The van der Waals surface area contributed by atoms with E-state index in [1.165, 1.54) is 0 Å². The van der Waals surface area contributed by atoms with Crippen LogP contribution in [0.1, 0.15) is 23.2 Å². The number of carbonyl (C=O) groups is 1. The second-order valence-corrected chi connectivity index (χ2v) is 8.28. The maximum absolute atomic E-state index is 12.8. The Labute approximate surface area is 190 Å². The van der Waals surface area contributed by atoms with Crippen molar-refractivity contribution in [2.45, 2.75) is 18.9 Å². The first-order valence-electron chi connectivity index (χ1n) is 10.6. The zero-order chi connectivity index (χ0) is 22.1. The summed E-state index contributed by atoms with van der Waals surface area (Å²) in [4.78, 5) is 23.2. The summed E-state index contributed by atoms with van der Waals surface area (Å²) >= 11 is 6.59. The van der Waals surface area contributed by atoms with Crippen LogP contribution < -0.4 is 9.47 Å². The van der Waals surface area contributed by atoms with Crippen molar-refractivity contribution in [1.82, 2.24) is 14.9 Å². The number of pyridine rings is 2. The smallest absolute Gasteiger partial charge is 0.257 e. The predicted octanol–water partition coefficient (Wildman–Crippen LogP) is 3.83. The number of aliphatic hydroxyl groups is 1. The van der Waals surface area contributed by atoms with E-state index in [4.69, 9.17) is 21.1 Å². The van der Waals surface area contributed by atoms with Gasteiger partial charge in [0.05, 0.1) is 6.10 Å². The van der Waals surface area contributed by atoms with Crippen LogP contribution in [0.4, 0.5) is 0 Å². The molecule has 0 atom stereocenters. The summed E-state index contributed by atoms with van der Waals surface area (Å²) in [6.45, 7) is 2.04. The number of fused-ring (bicyclic) bond motifs is 1. The number of aliphatic hydroxyl groups excluding tert-OH is 1. The van der Waals surface area contributed by atoms with Gasteiger partial charge in [0, 0.05) is 64.5 Å². The highest BCUT2D eigenvalue weighted by atomic mass is 35.5. The molecule has 164 valence electrons. The number of nitrogens with zero attached hydrogens (tertiary/aromatic N) is 3. The standard InChI is InChI=1S/C24H22ClN3O4/c25-21-12-15(24(30)28-7-4-18(29)5-8-28)1-2-19(21)16-11-17(14-26-13-16)20-3-6-27-23-22(20)31-9-10-32-23/h1-3,6,11-14,18,29H,4-5,7-10H2. The zero-order valence-corrected chi connectivity index (χ0v) is 18.1. The van der Waals surface area contributed by atoms with Gasteiger partial charge in [-0.25, -0.2) is 4.98 Å². The number of carbonyl (C=O) groups excluding carboxylic acids is 1. The van der Waals surface area contributed by atoms with E-state index in [9.17, 15) is 9.90 Å². The molecule has 3 aromatic rings. The molecule has 0 radical (unpaired) electrons. The molecule has 0 spiro atoms. The summed E-state index contributed by atoms with van der Waals surface area (Å²) in [7, 11) is 0. The van der Waals surface area contributed by atoms with Gasteiger partial charge in [0.1, 0.15) is 13.2 Å². The number of amides is 1. The van der Waals surface area contributed by atoms with E-state index < -0.39 is 0 Å².